The van der Waals surface area contributed by atoms with E-state index in [1.807, 2.05) is 42.7 Å². The fourth-order valence-electron chi connectivity index (χ4n) is 1.49. The third kappa shape index (κ3) is 9.39. The summed E-state index contributed by atoms with van der Waals surface area (Å²) >= 11 is 3.08. The normalized spacial score (nSPS) is 10.1. The molecule has 0 radical (unpaired) electrons. The molecule has 0 amide bonds. The molecule has 140 valence electrons. The zero-order valence-electron chi connectivity index (χ0n) is 15.5. The maximum atomic E-state index is 5.55. The van der Waals surface area contributed by atoms with Gasteiger partial charge in [-0.05, 0) is 54.6 Å². The molecule has 0 saturated heterocycles. The van der Waals surface area contributed by atoms with Crippen molar-refractivity contribution < 1.29 is 0 Å². The van der Waals surface area contributed by atoms with Crippen LogP contribution in [0.2, 0.25) is 0 Å². The van der Waals surface area contributed by atoms with Gasteiger partial charge in [-0.3, -0.25) is 0 Å². The Bertz CT molecular complexity index is 685. The second-order valence-electron chi connectivity index (χ2n) is 5.16. The second kappa shape index (κ2) is 13.1. The number of nitrogens with one attached hydrogen (secondary N) is 2. The Morgan fingerprint density at radius 1 is 1.19 bits per heavy atom. The zero-order valence-corrected chi connectivity index (χ0v) is 17.2. The summed E-state index contributed by atoms with van der Waals surface area (Å²) in [6.07, 6.45) is 6.23. The van der Waals surface area contributed by atoms with Gasteiger partial charge in [-0.25, -0.2) is 4.98 Å². The third-order valence-corrected chi connectivity index (χ3v) is 4.71. The number of thioether (sulfide) groups is 1. The quantitative estimate of drug-likeness (QED) is 0.482. The Kier molecular flexibility index (Phi) is 11.1. The largest absolute Gasteiger partial charge is 0.368 e. The molecule has 26 heavy (non-hydrogen) atoms. The molecular weight excluding hydrogens is 362 g/mol. The average molecular weight is 390 g/mol. The number of nitrogens with zero attached hydrogens (tertiary/aromatic N) is 2. The molecule has 0 atom stereocenters. The van der Waals surface area contributed by atoms with E-state index in [4.69, 9.17) is 5.73 Å². The van der Waals surface area contributed by atoms with E-state index < -0.39 is 0 Å². The van der Waals surface area contributed by atoms with Crippen molar-refractivity contribution in [1.82, 2.24) is 14.7 Å². The van der Waals surface area contributed by atoms with Crippen molar-refractivity contribution in [3.05, 3.63) is 59.6 Å². The summed E-state index contributed by atoms with van der Waals surface area (Å²) in [7, 11) is 0. The van der Waals surface area contributed by atoms with Crippen LogP contribution in [0.25, 0.3) is 0 Å². The minimum Gasteiger partial charge on any atom is -0.368 e. The van der Waals surface area contributed by atoms with Crippen LogP contribution < -0.4 is 15.8 Å². The number of rotatable bonds is 8. The smallest absolute Gasteiger partial charge is 0.221 e. The summed E-state index contributed by atoms with van der Waals surface area (Å²) < 4.78 is 3.19. The van der Waals surface area contributed by atoms with Crippen molar-refractivity contribution in [1.29, 1.82) is 0 Å². The number of nitrogens with two attached hydrogens (primary N) is 1. The van der Waals surface area contributed by atoms with Crippen molar-refractivity contribution in [2.75, 3.05) is 11.1 Å². The molecule has 0 unspecified atom stereocenters. The molecule has 0 aliphatic rings. The summed E-state index contributed by atoms with van der Waals surface area (Å²) in [4.78, 5) is 9.05. The maximum absolute atomic E-state index is 5.55. The highest BCUT2D eigenvalue weighted by Gasteiger charge is 1.99. The highest BCUT2D eigenvalue weighted by molar-refractivity contribution is 8.07. The Labute approximate surface area is 165 Å². The van der Waals surface area contributed by atoms with Gasteiger partial charge < -0.3 is 15.8 Å². The molecule has 0 aliphatic heterocycles. The molecule has 1 heterocycles. The average Bonchev–Trinajstić information content (AvgIpc) is 2.66. The highest BCUT2D eigenvalue weighted by atomic mass is 32.2. The summed E-state index contributed by atoms with van der Waals surface area (Å²) in [5, 5.41) is 6.05. The minimum absolute atomic E-state index is 0.249. The number of unbranched alkanes of at least 4 members (excludes halogenated alkanes) is 1. The van der Waals surface area contributed by atoms with Crippen molar-refractivity contribution in [2.24, 2.45) is 0 Å². The van der Waals surface area contributed by atoms with Crippen molar-refractivity contribution in [3.63, 3.8) is 0 Å². The molecule has 1 aromatic heterocycles. The Morgan fingerprint density at radius 2 is 1.88 bits per heavy atom. The lowest BCUT2D eigenvalue weighted by molar-refractivity contribution is 0.886. The van der Waals surface area contributed by atoms with Gasteiger partial charge in [0.2, 0.25) is 5.95 Å². The van der Waals surface area contributed by atoms with Gasteiger partial charge in [-0.15, -0.1) is 0 Å². The van der Waals surface area contributed by atoms with E-state index in [0.29, 0.717) is 5.82 Å². The molecule has 5 nitrogen and oxygen atoms in total. The molecule has 0 spiro atoms. The monoisotopic (exact) mass is 389 g/mol. The fourth-order valence-corrected chi connectivity index (χ4v) is 2.61. The molecule has 0 bridgehead atoms. The molecule has 2 rings (SSSR count). The molecule has 1 aromatic carbocycles. The topological polar surface area (TPSA) is 75.9 Å². The van der Waals surface area contributed by atoms with Gasteiger partial charge in [0.1, 0.15) is 5.82 Å². The number of benzene rings is 1. The molecule has 4 N–H and O–H groups in total. The van der Waals surface area contributed by atoms with Crippen LogP contribution in [0.5, 0.6) is 0 Å². The van der Waals surface area contributed by atoms with Gasteiger partial charge in [-0.1, -0.05) is 51.1 Å². The van der Waals surface area contributed by atoms with Gasteiger partial charge >= 0.3 is 0 Å². The van der Waals surface area contributed by atoms with Crippen LogP contribution in [-0.2, 0) is 0 Å². The van der Waals surface area contributed by atoms with Crippen LogP contribution in [0.1, 0.15) is 33.6 Å². The Hall–Kier alpha value is -2.12. The first-order valence-corrected chi connectivity index (χ1v) is 10.1. The van der Waals surface area contributed by atoms with Crippen LogP contribution in [0.15, 0.2) is 64.5 Å². The van der Waals surface area contributed by atoms with E-state index in [-0.39, 0.29) is 5.95 Å². The third-order valence-electron chi connectivity index (χ3n) is 2.93. The van der Waals surface area contributed by atoms with Gasteiger partial charge in [0.15, 0.2) is 0 Å². The fraction of sp³-hybridized carbons (Fsp3) is 0.263. The first-order valence-electron chi connectivity index (χ1n) is 8.44. The van der Waals surface area contributed by atoms with Gasteiger partial charge in [-0.2, -0.15) is 4.98 Å². The highest BCUT2D eigenvalue weighted by Crippen LogP contribution is 2.23. The lowest BCUT2D eigenvalue weighted by Crippen LogP contribution is -1.99. The lowest BCUT2D eigenvalue weighted by atomic mass is 10.3. The number of nitrogen functional groups attached to an aromatic ring is 1. The summed E-state index contributed by atoms with van der Waals surface area (Å²) in [6.45, 7) is 10.3. The molecular formula is C19H27N5S2. The summed E-state index contributed by atoms with van der Waals surface area (Å²) in [5.74, 6) is 0.917. The van der Waals surface area contributed by atoms with Crippen LogP contribution >= 0.6 is 23.7 Å². The molecule has 0 saturated carbocycles. The van der Waals surface area contributed by atoms with E-state index in [2.05, 4.69) is 40.4 Å². The van der Waals surface area contributed by atoms with E-state index in [1.54, 1.807) is 24.0 Å². The lowest BCUT2D eigenvalue weighted by Gasteiger charge is -2.08. The SMILES string of the molecule is C=C(NSc1ccc(Nc2ccnc(N)n2)cc1)S/C=C\C.CCCC. The van der Waals surface area contributed by atoms with Crippen LogP contribution in [0.3, 0.4) is 0 Å². The van der Waals surface area contributed by atoms with Gasteiger partial charge in [0.25, 0.3) is 0 Å². The number of anilines is 3. The molecule has 0 fully saturated rings. The van der Waals surface area contributed by atoms with Gasteiger partial charge in [0.05, 0.1) is 5.03 Å². The second-order valence-corrected chi connectivity index (χ2v) is 7.04. The van der Waals surface area contributed by atoms with E-state index in [9.17, 15) is 0 Å². The van der Waals surface area contributed by atoms with E-state index >= 15 is 0 Å². The Balaban J connectivity index is 0.000000765. The number of allylic oxidation sites excluding steroid dienone is 1. The van der Waals surface area contributed by atoms with Crippen LogP contribution in [0, 0.1) is 0 Å². The van der Waals surface area contributed by atoms with Crippen LogP contribution in [0.4, 0.5) is 17.5 Å². The summed E-state index contributed by atoms with van der Waals surface area (Å²) in [5.41, 5.74) is 6.48. The molecule has 0 aliphatic carbocycles. The maximum Gasteiger partial charge on any atom is 0.221 e. The van der Waals surface area contributed by atoms with Crippen molar-refractivity contribution in [2.45, 2.75) is 38.5 Å². The van der Waals surface area contributed by atoms with Gasteiger partial charge in [0, 0.05) is 16.8 Å². The first-order chi connectivity index (χ1) is 12.6. The number of aromatic nitrogens is 2. The number of hydrogen-bond acceptors (Lipinski definition) is 7. The first kappa shape index (κ1) is 21.9. The molecule has 7 heteroatoms. The van der Waals surface area contributed by atoms with E-state index in [1.165, 1.54) is 24.8 Å². The summed E-state index contributed by atoms with van der Waals surface area (Å²) in [6, 6.07) is 9.74. The predicted octanol–water partition coefficient (Wildman–Crippen LogP) is 5.94. The molecule has 2 aromatic rings. The van der Waals surface area contributed by atoms with Crippen molar-refractivity contribution >= 4 is 41.2 Å². The van der Waals surface area contributed by atoms with Crippen molar-refractivity contribution in [3.8, 4) is 0 Å². The number of hydrogen-bond donors (Lipinski definition) is 3. The van der Waals surface area contributed by atoms with E-state index in [0.717, 1.165) is 15.6 Å². The predicted molar refractivity (Wildman–Crippen MR) is 117 cm³/mol. The Morgan fingerprint density at radius 3 is 2.46 bits per heavy atom. The minimum atomic E-state index is 0.249. The van der Waals surface area contributed by atoms with Crippen LogP contribution in [-0.4, -0.2) is 9.97 Å². The standard InChI is InChI=1S/C15H17N5S2.C4H10/c1-3-10-21-11(2)20-22-13-6-4-12(5-7-13)18-14-8-9-17-15(16)19-14;1-3-4-2/h3-10,20H,2H2,1H3,(H3,16,17,18,19);3-4H2,1-2H3/b10-3-;. The zero-order chi connectivity index (χ0) is 19.2.